The molecule has 1 heterocycles. The minimum absolute atomic E-state index is 0.0409. The van der Waals surface area contributed by atoms with Gasteiger partial charge in [-0.25, -0.2) is 4.98 Å². The minimum Gasteiger partial charge on any atom is -0.481 e. The molecule has 0 spiro atoms. The van der Waals surface area contributed by atoms with Crippen molar-refractivity contribution in [2.75, 3.05) is 6.54 Å². The van der Waals surface area contributed by atoms with E-state index in [0.29, 0.717) is 18.0 Å². The smallest absolute Gasteiger partial charge is 0.303 e. The van der Waals surface area contributed by atoms with Crippen molar-refractivity contribution in [2.24, 2.45) is 11.8 Å². The first-order chi connectivity index (χ1) is 9.40. The number of amides is 1. The number of nitrogens with one attached hydrogen (secondary N) is 1. The zero-order chi connectivity index (χ0) is 15.1. The first-order valence-corrected chi connectivity index (χ1v) is 6.88. The Balaban J connectivity index is 2.60. The van der Waals surface area contributed by atoms with Crippen molar-refractivity contribution in [2.45, 2.75) is 26.7 Å². The first kappa shape index (κ1) is 16.4. The molecule has 0 aliphatic rings. The van der Waals surface area contributed by atoms with Gasteiger partial charge < -0.3 is 10.4 Å². The second kappa shape index (κ2) is 7.85. The topological polar surface area (TPSA) is 79.3 Å². The quantitative estimate of drug-likeness (QED) is 0.758. The lowest BCUT2D eigenvalue weighted by Gasteiger charge is -2.17. The number of rotatable bonds is 7. The van der Waals surface area contributed by atoms with E-state index in [0.717, 1.165) is 6.42 Å². The third-order valence-electron chi connectivity index (χ3n) is 2.82. The van der Waals surface area contributed by atoms with E-state index in [-0.39, 0.29) is 23.4 Å². The maximum atomic E-state index is 12.0. The van der Waals surface area contributed by atoms with E-state index in [9.17, 15) is 9.59 Å². The first-order valence-electron chi connectivity index (χ1n) is 6.50. The number of carbonyl (C=O) groups excluding carboxylic acids is 1. The Morgan fingerprint density at radius 2 is 2.15 bits per heavy atom. The van der Waals surface area contributed by atoms with Crippen LogP contribution in [0.5, 0.6) is 0 Å². The summed E-state index contributed by atoms with van der Waals surface area (Å²) < 4.78 is 0. The number of nitrogens with zero attached hydrogens (tertiary/aromatic N) is 1. The van der Waals surface area contributed by atoms with E-state index in [1.807, 2.05) is 13.8 Å². The van der Waals surface area contributed by atoms with E-state index in [2.05, 4.69) is 10.3 Å². The molecule has 1 unspecified atom stereocenters. The molecule has 110 valence electrons. The van der Waals surface area contributed by atoms with Crippen molar-refractivity contribution in [1.29, 1.82) is 0 Å². The summed E-state index contributed by atoms with van der Waals surface area (Å²) in [7, 11) is 0. The summed E-state index contributed by atoms with van der Waals surface area (Å²) in [4.78, 5) is 26.6. The molecule has 0 fully saturated rings. The van der Waals surface area contributed by atoms with Crippen LogP contribution in [0, 0.1) is 11.8 Å². The molecular formula is C14H19ClN2O3. The Morgan fingerprint density at radius 1 is 1.45 bits per heavy atom. The number of pyridine rings is 1. The fourth-order valence-corrected chi connectivity index (χ4v) is 2.25. The molecule has 1 aromatic rings. The lowest BCUT2D eigenvalue weighted by molar-refractivity contribution is -0.138. The second-order valence-corrected chi connectivity index (χ2v) is 5.50. The molecule has 1 amide bonds. The van der Waals surface area contributed by atoms with Crippen LogP contribution in [-0.2, 0) is 4.79 Å². The van der Waals surface area contributed by atoms with Gasteiger partial charge in [-0.2, -0.15) is 0 Å². The summed E-state index contributed by atoms with van der Waals surface area (Å²) in [5, 5.41) is 11.7. The highest BCUT2D eigenvalue weighted by atomic mass is 35.5. The van der Waals surface area contributed by atoms with Crippen molar-refractivity contribution in [3.8, 4) is 0 Å². The van der Waals surface area contributed by atoms with Gasteiger partial charge in [-0.05, 0) is 30.4 Å². The summed E-state index contributed by atoms with van der Waals surface area (Å²) in [5.74, 6) is -0.906. The molecule has 1 rings (SSSR count). The predicted molar refractivity (Wildman–Crippen MR) is 76.8 cm³/mol. The highest BCUT2D eigenvalue weighted by Gasteiger charge is 2.17. The van der Waals surface area contributed by atoms with Crippen LogP contribution in [0.4, 0.5) is 0 Å². The van der Waals surface area contributed by atoms with Crippen LogP contribution < -0.4 is 5.32 Å². The number of carboxylic acid groups (broad SMARTS) is 1. The van der Waals surface area contributed by atoms with Gasteiger partial charge in [-0.3, -0.25) is 9.59 Å². The molecule has 20 heavy (non-hydrogen) atoms. The largest absolute Gasteiger partial charge is 0.481 e. The van der Waals surface area contributed by atoms with Crippen molar-refractivity contribution in [3.63, 3.8) is 0 Å². The van der Waals surface area contributed by atoms with Gasteiger partial charge in [0.15, 0.2) is 0 Å². The van der Waals surface area contributed by atoms with Gasteiger partial charge in [0.1, 0.15) is 5.15 Å². The van der Waals surface area contributed by atoms with Crippen molar-refractivity contribution in [3.05, 3.63) is 29.0 Å². The number of carboxylic acids is 1. The SMILES string of the molecule is CC(C)CC(CNC(=O)c1cccnc1Cl)CC(=O)O. The molecule has 0 aliphatic heterocycles. The van der Waals surface area contributed by atoms with Crippen molar-refractivity contribution >= 4 is 23.5 Å². The van der Waals surface area contributed by atoms with Gasteiger partial charge in [0.05, 0.1) is 5.56 Å². The zero-order valence-electron chi connectivity index (χ0n) is 11.6. The van der Waals surface area contributed by atoms with Gasteiger partial charge in [-0.1, -0.05) is 25.4 Å². The lowest BCUT2D eigenvalue weighted by atomic mass is 9.94. The number of hydrogen-bond donors (Lipinski definition) is 2. The van der Waals surface area contributed by atoms with E-state index in [4.69, 9.17) is 16.7 Å². The molecule has 0 saturated carbocycles. The summed E-state index contributed by atoms with van der Waals surface area (Å²) in [6.07, 6.45) is 2.29. The Labute approximate surface area is 123 Å². The van der Waals surface area contributed by atoms with Gasteiger partial charge in [0.25, 0.3) is 5.91 Å². The van der Waals surface area contributed by atoms with Crippen LogP contribution in [0.15, 0.2) is 18.3 Å². The Morgan fingerprint density at radius 3 is 2.70 bits per heavy atom. The molecule has 0 aliphatic carbocycles. The van der Waals surface area contributed by atoms with Crippen LogP contribution in [0.2, 0.25) is 5.15 Å². The molecule has 1 aromatic heterocycles. The third kappa shape index (κ3) is 5.57. The van der Waals surface area contributed by atoms with Gasteiger partial charge >= 0.3 is 5.97 Å². The molecule has 0 bridgehead atoms. The number of aromatic nitrogens is 1. The summed E-state index contributed by atoms with van der Waals surface area (Å²) in [6.45, 7) is 4.36. The zero-order valence-corrected chi connectivity index (χ0v) is 12.4. The van der Waals surface area contributed by atoms with Crippen LogP contribution in [0.3, 0.4) is 0 Å². The summed E-state index contributed by atoms with van der Waals surface area (Å²) >= 11 is 5.84. The Bertz CT molecular complexity index is 477. The van der Waals surface area contributed by atoms with Gasteiger partial charge in [0.2, 0.25) is 0 Å². The molecule has 0 radical (unpaired) electrons. The second-order valence-electron chi connectivity index (χ2n) is 5.15. The summed E-state index contributed by atoms with van der Waals surface area (Å²) in [6, 6.07) is 3.21. The van der Waals surface area contributed by atoms with Crippen LogP contribution in [0.25, 0.3) is 0 Å². The maximum Gasteiger partial charge on any atom is 0.303 e. The standard InChI is InChI=1S/C14H19ClN2O3/c1-9(2)6-10(7-12(18)19)8-17-14(20)11-4-3-5-16-13(11)15/h3-5,9-10H,6-8H2,1-2H3,(H,17,20)(H,18,19). The van der Waals surface area contributed by atoms with E-state index in [1.165, 1.54) is 6.20 Å². The average molecular weight is 299 g/mol. The minimum atomic E-state index is -0.857. The van der Waals surface area contributed by atoms with E-state index >= 15 is 0 Å². The monoisotopic (exact) mass is 298 g/mol. The van der Waals surface area contributed by atoms with Crippen molar-refractivity contribution in [1.82, 2.24) is 10.3 Å². The van der Waals surface area contributed by atoms with Gasteiger partial charge in [-0.15, -0.1) is 0 Å². The summed E-state index contributed by atoms with van der Waals surface area (Å²) in [5.41, 5.74) is 0.299. The lowest BCUT2D eigenvalue weighted by Crippen LogP contribution is -2.31. The van der Waals surface area contributed by atoms with Crippen molar-refractivity contribution < 1.29 is 14.7 Å². The normalized spacial score (nSPS) is 12.2. The van der Waals surface area contributed by atoms with Crippen LogP contribution >= 0.6 is 11.6 Å². The van der Waals surface area contributed by atoms with Gasteiger partial charge in [0, 0.05) is 19.2 Å². The molecule has 2 N–H and O–H groups in total. The molecule has 5 nitrogen and oxygen atoms in total. The fraction of sp³-hybridized carbons (Fsp3) is 0.500. The Hall–Kier alpha value is -1.62. The van der Waals surface area contributed by atoms with Crippen LogP contribution in [-0.4, -0.2) is 28.5 Å². The Kier molecular flexibility index (Phi) is 6.45. The number of carbonyl (C=O) groups is 2. The number of halogens is 1. The number of hydrogen-bond acceptors (Lipinski definition) is 3. The molecule has 1 atom stereocenters. The fourth-order valence-electron chi connectivity index (χ4n) is 2.04. The molecule has 0 saturated heterocycles. The molecule has 0 aromatic carbocycles. The van der Waals surface area contributed by atoms with E-state index < -0.39 is 5.97 Å². The highest BCUT2D eigenvalue weighted by molar-refractivity contribution is 6.32. The average Bonchev–Trinajstić information content (AvgIpc) is 2.34. The maximum absolute atomic E-state index is 12.0. The van der Waals surface area contributed by atoms with E-state index in [1.54, 1.807) is 12.1 Å². The third-order valence-corrected chi connectivity index (χ3v) is 3.12. The number of aliphatic carboxylic acids is 1. The van der Waals surface area contributed by atoms with Crippen LogP contribution in [0.1, 0.15) is 37.0 Å². The molecular weight excluding hydrogens is 280 g/mol. The molecule has 6 heteroatoms. The highest BCUT2D eigenvalue weighted by Crippen LogP contribution is 2.16. The predicted octanol–water partition coefficient (Wildman–Crippen LogP) is 2.60.